The minimum absolute atomic E-state index is 0.662. The molecule has 2 aromatic rings. The van der Waals surface area contributed by atoms with Crippen LogP contribution in [0.2, 0.25) is 0 Å². The second-order valence-electron chi connectivity index (χ2n) is 4.14. The van der Waals surface area contributed by atoms with Gasteiger partial charge in [-0.05, 0) is 17.0 Å². The number of ether oxygens (including phenoxy) is 1. The number of hydrogen-bond donors (Lipinski definition) is 1. The predicted octanol–water partition coefficient (Wildman–Crippen LogP) is 3.57. The number of nitrogens with one attached hydrogen (secondary N) is 1. The number of hydrogen-bond acceptors (Lipinski definition) is 3. The van der Waals surface area contributed by atoms with Crippen LogP contribution in [0.25, 0.3) is 6.08 Å². The molecule has 1 heterocycles. The first-order chi connectivity index (χ1) is 9.45. The normalized spacial score (nSPS) is 11.2. The van der Waals surface area contributed by atoms with Crippen LogP contribution in [0.5, 0.6) is 0 Å². The minimum Gasteiger partial charge on any atom is -0.376 e. The van der Waals surface area contributed by atoms with Gasteiger partial charge in [0.15, 0.2) is 0 Å². The summed E-state index contributed by atoms with van der Waals surface area (Å²) in [5.41, 5.74) is 1.21. The van der Waals surface area contributed by atoms with Crippen molar-refractivity contribution in [1.29, 1.82) is 0 Å². The highest BCUT2D eigenvalue weighted by Crippen LogP contribution is 2.06. The van der Waals surface area contributed by atoms with Crippen LogP contribution in [0.15, 0.2) is 53.9 Å². The fourth-order valence-electron chi connectivity index (χ4n) is 1.67. The van der Waals surface area contributed by atoms with Crippen molar-refractivity contribution in [2.24, 2.45) is 0 Å². The van der Waals surface area contributed by atoms with Crippen LogP contribution in [0, 0.1) is 0 Å². The summed E-state index contributed by atoms with van der Waals surface area (Å²) in [6.45, 7) is 3.22. The van der Waals surface area contributed by atoms with E-state index >= 15 is 0 Å². The number of thiophene rings is 1. The summed E-state index contributed by atoms with van der Waals surface area (Å²) in [6.07, 6.45) is 4.13. The van der Waals surface area contributed by atoms with E-state index in [0.717, 1.165) is 19.7 Å². The fourth-order valence-corrected chi connectivity index (χ4v) is 2.34. The summed E-state index contributed by atoms with van der Waals surface area (Å²) in [5.74, 6) is 0. The van der Waals surface area contributed by atoms with E-state index in [4.69, 9.17) is 4.74 Å². The third kappa shape index (κ3) is 5.83. The molecule has 100 valence electrons. The highest BCUT2D eigenvalue weighted by molar-refractivity contribution is 7.09. The van der Waals surface area contributed by atoms with E-state index in [9.17, 15) is 0 Å². The molecule has 0 saturated carbocycles. The molecule has 0 aliphatic carbocycles. The van der Waals surface area contributed by atoms with Crippen molar-refractivity contribution in [3.8, 4) is 0 Å². The molecule has 0 amide bonds. The van der Waals surface area contributed by atoms with Crippen LogP contribution >= 0.6 is 11.3 Å². The van der Waals surface area contributed by atoms with Gasteiger partial charge in [-0.3, -0.25) is 0 Å². The Labute approximate surface area is 118 Å². The molecule has 0 saturated heterocycles. The standard InChI is InChI=1S/C16H19NOS/c1-2-6-15(7-3-1)8-4-11-18-12-10-17-14-16-9-5-13-19-16/h1-9,13,17H,10-12,14H2. The quantitative estimate of drug-likeness (QED) is 0.742. The topological polar surface area (TPSA) is 21.3 Å². The van der Waals surface area contributed by atoms with Crippen molar-refractivity contribution in [3.05, 3.63) is 64.4 Å². The maximum absolute atomic E-state index is 5.53. The Hall–Kier alpha value is -1.42. The van der Waals surface area contributed by atoms with Crippen molar-refractivity contribution in [2.45, 2.75) is 6.54 Å². The Bertz CT molecular complexity index is 465. The number of benzene rings is 1. The highest BCUT2D eigenvalue weighted by Gasteiger charge is 1.92. The average molecular weight is 273 g/mol. The van der Waals surface area contributed by atoms with Crippen molar-refractivity contribution in [1.82, 2.24) is 5.32 Å². The van der Waals surface area contributed by atoms with Gasteiger partial charge in [-0.15, -0.1) is 11.3 Å². The van der Waals surface area contributed by atoms with Crippen LogP contribution in [-0.4, -0.2) is 19.8 Å². The molecule has 0 aliphatic heterocycles. The second kappa shape index (κ2) is 8.64. The van der Waals surface area contributed by atoms with Gasteiger partial charge in [0, 0.05) is 18.0 Å². The molecule has 0 fully saturated rings. The largest absolute Gasteiger partial charge is 0.376 e. The second-order valence-corrected chi connectivity index (χ2v) is 5.18. The molecule has 1 aromatic carbocycles. The lowest BCUT2D eigenvalue weighted by Gasteiger charge is -2.03. The van der Waals surface area contributed by atoms with Gasteiger partial charge in [0.05, 0.1) is 13.2 Å². The van der Waals surface area contributed by atoms with E-state index < -0.39 is 0 Å². The number of rotatable bonds is 8. The van der Waals surface area contributed by atoms with Crippen LogP contribution in [0.1, 0.15) is 10.4 Å². The predicted molar refractivity (Wildman–Crippen MR) is 82.3 cm³/mol. The molecule has 3 heteroatoms. The van der Waals surface area contributed by atoms with Gasteiger partial charge in [0.1, 0.15) is 0 Å². The van der Waals surface area contributed by atoms with Crippen LogP contribution < -0.4 is 5.32 Å². The lowest BCUT2D eigenvalue weighted by molar-refractivity contribution is 0.164. The molecule has 0 radical (unpaired) electrons. The first-order valence-corrected chi connectivity index (χ1v) is 7.35. The Morgan fingerprint density at radius 1 is 1.11 bits per heavy atom. The molecule has 1 aromatic heterocycles. The Balaban J connectivity index is 1.49. The molecular formula is C16H19NOS. The molecule has 0 atom stereocenters. The van der Waals surface area contributed by atoms with Crippen molar-refractivity contribution < 1.29 is 4.74 Å². The Kier molecular flexibility index (Phi) is 6.37. The third-order valence-corrected chi connectivity index (χ3v) is 3.50. The molecule has 2 rings (SSSR count). The average Bonchev–Trinajstić information content (AvgIpc) is 2.96. The molecular weight excluding hydrogens is 254 g/mol. The van der Waals surface area contributed by atoms with Crippen molar-refractivity contribution in [2.75, 3.05) is 19.8 Å². The summed E-state index contributed by atoms with van der Waals surface area (Å²) in [4.78, 5) is 1.36. The Morgan fingerprint density at radius 3 is 2.79 bits per heavy atom. The smallest absolute Gasteiger partial charge is 0.0651 e. The first-order valence-electron chi connectivity index (χ1n) is 6.47. The van der Waals surface area contributed by atoms with Crippen molar-refractivity contribution in [3.63, 3.8) is 0 Å². The lowest BCUT2D eigenvalue weighted by atomic mass is 10.2. The van der Waals surface area contributed by atoms with Gasteiger partial charge in [0.25, 0.3) is 0 Å². The molecule has 2 nitrogen and oxygen atoms in total. The van der Waals surface area contributed by atoms with E-state index in [1.165, 1.54) is 10.4 Å². The molecule has 0 aliphatic rings. The monoisotopic (exact) mass is 273 g/mol. The van der Waals surface area contributed by atoms with Gasteiger partial charge in [-0.1, -0.05) is 48.6 Å². The molecule has 0 spiro atoms. The van der Waals surface area contributed by atoms with E-state index in [1.54, 1.807) is 11.3 Å². The van der Waals surface area contributed by atoms with Crippen LogP contribution in [0.4, 0.5) is 0 Å². The zero-order valence-corrected chi connectivity index (χ0v) is 11.7. The van der Waals surface area contributed by atoms with Gasteiger partial charge in [-0.2, -0.15) is 0 Å². The van der Waals surface area contributed by atoms with Gasteiger partial charge >= 0.3 is 0 Å². The zero-order valence-electron chi connectivity index (χ0n) is 10.9. The van der Waals surface area contributed by atoms with Gasteiger partial charge < -0.3 is 10.1 Å². The fraction of sp³-hybridized carbons (Fsp3) is 0.250. The van der Waals surface area contributed by atoms with Gasteiger partial charge in [-0.25, -0.2) is 0 Å². The maximum Gasteiger partial charge on any atom is 0.0651 e. The summed E-state index contributed by atoms with van der Waals surface area (Å²) in [7, 11) is 0. The van der Waals surface area contributed by atoms with Crippen molar-refractivity contribution >= 4 is 17.4 Å². The van der Waals surface area contributed by atoms with Crippen LogP contribution in [0.3, 0.4) is 0 Å². The zero-order chi connectivity index (χ0) is 13.2. The molecule has 19 heavy (non-hydrogen) atoms. The van der Waals surface area contributed by atoms with E-state index in [2.05, 4.69) is 47.1 Å². The third-order valence-electron chi connectivity index (χ3n) is 2.63. The molecule has 1 N–H and O–H groups in total. The summed E-state index contributed by atoms with van der Waals surface area (Å²) in [5, 5.41) is 5.46. The van der Waals surface area contributed by atoms with Gasteiger partial charge in [0.2, 0.25) is 0 Å². The minimum atomic E-state index is 0.662. The lowest BCUT2D eigenvalue weighted by Crippen LogP contribution is -2.18. The van der Waals surface area contributed by atoms with E-state index in [1.807, 2.05) is 18.2 Å². The van der Waals surface area contributed by atoms with E-state index in [-0.39, 0.29) is 0 Å². The van der Waals surface area contributed by atoms with E-state index in [0.29, 0.717) is 6.61 Å². The highest BCUT2D eigenvalue weighted by atomic mass is 32.1. The first kappa shape index (κ1) is 14.0. The summed E-state index contributed by atoms with van der Waals surface area (Å²) in [6, 6.07) is 14.5. The summed E-state index contributed by atoms with van der Waals surface area (Å²) < 4.78 is 5.53. The molecule has 0 bridgehead atoms. The van der Waals surface area contributed by atoms with Crippen LogP contribution in [-0.2, 0) is 11.3 Å². The maximum atomic E-state index is 5.53. The summed E-state index contributed by atoms with van der Waals surface area (Å²) >= 11 is 1.78. The SMILES string of the molecule is C(=Cc1ccccc1)COCCNCc1cccs1. The Morgan fingerprint density at radius 2 is 2.00 bits per heavy atom. The molecule has 0 unspecified atom stereocenters.